The quantitative estimate of drug-likeness (QED) is 0.264. The van der Waals surface area contributed by atoms with E-state index >= 15 is 0 Å². The van der Waals surface area contributed by atoms with Gasteiger partial charge in [-0.05, 0) is 48.5 Å². The van der Waals surface area contributed by atoms with Crippen LogP contribution < -0.4 is 24.6 Å². The van der Waals surface area contributed by atoms with Crippen LogP contribution in [-0.2, 0) is 20.6 Å². The summed E-state index contributed by atoms with van der Waals surface area (Å²) in [7, 11) is 1.53. The topological polar surface area (TPSA) is 118 Å². The zero-order valence-electron chi connectivity index (χ0n) is 22.7. The number of aromatic amines is 1. The Balaban J connectivity index is 1.32. The molecule has 2 N–H and O–H groups in total. The lowest BCUT2D eigenvalue weighted by atomic mass is 9.82. The highest BCUT2D eigenvalue weighted by atomic mass is 32.2. The van der Waals surface area contributed by atoms with Gasteiger partial charge in [0.25, 0.3) is 5.91 Å². The fraction of sp³-hybridized carbons (Fsp3) is 0.200. The first-order valence-corrected chi connectivity index (χ1v) is 14.8. The number of amides is 3. The van der Waals surface area contributed by atoms with Crippen LogP contribution in [0.3, 0.4) is 0 Å². The van der Waals surface area contributed by atoms with Crippen molar-refractivity contribution < 1.29 is 37.0 Å². The summed E-state index contributed by atoms with van der Waals surface area (Å²) in [5.74, 6) is -2.89. The second-order valence-electron chi connectivity index (χ2n) is 9.91. The smallest absolute Gasteiger partial charge is 0.416 e. The Bertz CT molecular complexity index is 1820. The van der Waals surface area contributed by atoms with Crippen molar-refractivity contribution >= 4 is 52.2 Å². The van der Waals surface area contributed by atoms with Gasteiger partial charge in [0.2, 0.25) is 11.8 Å². The number of carbonyl (C=O) groups excluding carboxylic acids is 3. The molecule has 0 aliphatic carbocycles. The predicted octanol–water partition coefficient (Wildman–Crippen LogP) is 5.28. The molecule has 6 rings (SSSR count). The second kappa shape index (κ2) is 11.5. The Morgan fingerprint density at radius 3 is 2.48 bits per heavy atom. The van der Waals surface area contributed by atoms with Crippen LogP contribution in [0.2, 0.25) is 0 Å². The van der Waals surface area contributed by atoms with Gasteiger partial charge in [0, 0.05) is 22.0 Å². The van der Waals surface area contributed by atoms with Crippen LogP contribution in [0, 0.1) is 5.92 Å². The molecule has 0 spiro atoms. The van der Waals surface area contributed by atoms with Gasteiger partial charge in [0.15, 0.2) is 6.61 Å². The lowest BCUT2D eigenvalue weighted by Gasteiger charge is -2.30. The van der Waals surface area contributed by atoms with Crippen LogP contribution in [0.15, 0.2) is 82.6 Å². The van der Waals surface area contributed by atoms with Gasteiger partial charge in [-0.3, -0.25) is 19.2 Å². The molecule has 1 aromatic heterocycles. The van der Waals surface area contributed by atoms with E-state index < -0.39 is 53.2 Å². The molecule has 2 aliphatic rings. The second-order valence-corrected chi connectivity index (χ2v) is 12.1. The van der Waals surface area contributed by atoms with Gasteiger partial charge in [-0.2, -0.15) is 13.2 Å². The number of thiazole rings is 1. The SMILES string of the molecule is COc1ccc(NC(=O)COc2ccccc2C2c3sc(=O)[nH]c3SC3C(=O)N(c4cccc(C(F)(F)F)c4)C(=O)C32)cc1. The molecule has 44 heavy (non-hydrogen) atoms. The number of thioether (sulfide) groups is 1. The van der Waals surface area contributed by atoms with Crippen molar-refractivity contribution in [2.24, 2.45) is 5.92 Å². The number of methoxy groups -OCH3 is 1. The summed E-state index contributed by atoms with van der Waals surface area (Å²) in [5, 5.41) is 2.09. The van der Waals surface area contributed by atoms with Crippen molar-refractivity contribution in [2.75, 3.05) is 23.9 Å². The zero-order valence-corrected chi connectivity index (χ0v) is 24.3. The van der Waals surface area contributed by atoms with Gasteiger partial charge in [-0.1, -0.05) is 47.4 Å². The highest BCUT2D eigenvalue weighted by molar-refractivity contribution is 8.00. The van der Waals surface area contributed by atoms with Crippen LogP contribution in [0.4, 0.5) is 24.5 Å². The highest BCUT2D eigenvalue weighted by Gasteiger charge is 2.57. The van der Waals surface area contributed by atoms with Crippen molar-refractivity contribution in [3.8, 4) is 11.5 Å². The van der Waals surface area contributed by atoms with E-state index in [1.165, 1.54) is 13.2 Å². The number of para-hydroxylation sites is 1. The number of halogens is 3. The summed E-state index contributed by atoms with van der Waals surface area (Å²) in [6, 6.07) is 17.4. The number of benzene rings is 3. The van der Waals surface area contributed by atoms with E-state index in [1.54, 1.807) is 48.5 Å². The third-order valence-electron chi connectivity index (χ3n) is 7.24. The van der Waals surface area contributed by atoms with Gasteiger partial charge >= 0.3 is 11.0 Å². The normalized spacial score (nSPS) is 19.4. The molecule has 3 amide bonds. The summed E-state index contributed by atoms with van der Waals surface area (Å²) in [5.41, 5.74) is -0.222. The van der Waals surface area contributed by atoms with Gasteiger partial charge in [0.05, 0.1) is 29.3 Å². The van der Waals surface area contributed by atoms with Crippen molar-refractivity contribution in [1.82, 2.24) is 4.98 Å². The van der Waals surface area contributed by atoms with Crippen molar-refractivity contribution in [3.05, 3.63) is 98.5 Å². The van der Waals surface area contributed by atoms with E-state index in [1.807, 2.05) is 0 Å². The number of aromatic nitrogens is 1. The molecule has 14 heteroatoms. The Hall–Kier alpha value is -4.56. The number of H-pyrrole nitrogens is 1. The van der Waals surface area contributed by atoms with Gasteiger partial charge in [-0.15, -0.1) is 0 Å². The predicted molar refractivity (Wildman–Crippen MR) is 157 cm³/mol. The number of carbonyl (C=O) groups is 3. The summed E-state index contributed by atoms with van der Waals surface area (Å²) in [6.07, 6.45) is -4.68. The Morgan fingerprint density at radius 2 is 1.75 bits per heavy atom. The molecule has 0 bridgehead atoms. The van der Waals surface area contributed by atoms with E-state index in [4.69, 9.17) is 9.47 Å². The minimum absolute atomic E-state index is 0.194. The van der Waals surface area contributed by atoms with Crippen molar-refractivity contribution in [3.63, 3.8) is 0 Å². The minimum atomic E-state index is -4.68. The van der Waals surface area contributed by atoms with Crippen LogP contribution >= 0.6 is 23.1 Å². The molecule has 4 aromatic rings. The third-order valence-corrected chi connectivity index (χ3v) is 9.64. The number of nitrogens with zero attached hydrogens (tertiary/aromatic N) is 1. The van der Waals surface area contributed by atoms with Crippen LogP contribution in [0.5, 0.6) is 11.5 Å². The molecule has 3 aromatic carbocycles. The minimum Gasteiger partial charge on any atom is -0.497 e. The lowest BCUT2D eigenvalue weighted by Crippen LogP contribution is -2.32. The molecule has 2 aliphatic heterocycles. The maximum atomic E-state index is 14.0. The number of hydrogen-bond acceptors (Lipinski definition) is 8. The number of anilines is 2. The summed E-state index contributed by atoms with van der Waals surface area (Å²) >= 11 is 1.88. The number of nitrogens with one attached hydrogen (secondary N) is 2. The van der Waals surface area contributed by atoms with Gasteiger partial charge in [0.1, 0.15) is 16.7 Å². The average Bonchev–Trinajstić information content (AvgIpc) is 3.50. The molecule has 1 saturated heterocycles. The molecule has 0 saturated carbocycles. The van der Waals surface area contributed by atoms with E-state index in [0.29, 0.717) is 26.9 Å². The van der Waals surface area contributed by atoms with Crippen LogP contribution in [0.25, 0.3) is 0 Å². The molecule has 0 radical (unpaired) electrons. The largest absolute Gasteiger partial charge is 0.497 e. The Morgan fingerprint density at radius 1 is 1.00 bits per heavy atom. The first-order valence-electron chi connectivity index (χ1n) is 13.2. The maximum Gasteiger partial charge on any atom is 0.416 e. The average molecular weight is 642 g/mol. The number of imide groups is 1. The van der Waals surface area contributed by atoms with E-state index in [2.05, 4.69) is 10.3 Å². The first kappa shape index (κ1) is 29.5. The number of ether oxygens (including phenoxy) is 2. The number of fused-ring (bicyclic) bond motifs is 2. The lowest BCUT2D eigenvalue weighted by molar-refractivity contribution is -0.137. The fourth-order valence-electron chi connectivity index (χ4n) is 5.31. The summed E-state index contributed by atoms with van der Waals surface area (Å²) in [4.78, 5) is 56.3. The van der Waals surface area contributed by atoms with E-state index in [9.17, 15) is 32.3 Å². The standard InChI is InChI=1S/C30H22F3N3O6S2/c1-41-18-11-9-16(10-12-18)34-21(37)14-42-20-8-3-2-7-19(20)22-23-25(43-26-24(22)44-29(40)35-26)28(39)36(27(23)38)17-6-4-5-15(13-17)30(31,32)33/h2-13,22-23,25H,14H2,1H3,(H,34,37)(H,35,40). The van der Waals surface area contributed by atoms with Crippen LogP contribution in [0.1, 0.15) is 21.9 Å². The molecule has 226 valence electrons. The molecule has 3 heterocycles. The first-order chi connectivity index (χ1) is 21.0. The van der Waals surface area contributed by atoms with Gasteiger partial charge < -0.3 is 19.8 Å². The zero-order chi connectivity index (χ0) is 31.2. The van der Waals surface area contributed by atoms with Crippen LogP contribution in [-0.4, -0.2) is 41.7 Å². The van der Waals surface area contributed by atoms with Crippen molar-refractivity contribution in [2.45, 2.75) is 22.4 Å². The Kier molecular flexibility index (Phi) is 7.72. The molecule has 1 fully saturated rings. The highest BCUT2D eigenvalue weighted by Crippen LogP contribution is 2.54. The summed E-state index contributed by atoms with van der Waals surface area (Å²) < 4.78 is 51.4. The molecular weight excluding hydrogens is 619 g/mol. The maximum absolute atomic E-state index is 14.0. The molecule has 3 unspecified atom stereocenters. The van der Waals surface area contributed by atoms with E-state index in [0.717, 1.165) is 46.2 Å². The third kappa shape index (κ3) is 5.46. The van der Waals surface area contributed by atoms with Crippen molar-refractivity contribution in [1.29, 1.82) is 0 Å². The number of alkyl halides is 3. The van der Waals surface area contributed by atoms with E-state index in [-0.39, 0.29) is 16.3 Å². The number of hydrogen-bond donors (Lipinski definition) is 2. The summed E-state index contributed by atoms with van der Waals surface area (Å²) in [6.45, 7) is -0.391. The number of rotatable bonds is 7. The molecular formula is C30H22F3N3O6S2. The monoisotopic (exact) mass is 641 g/mol. The molecule has 9 nitrogen and oxygen atoms in total. The molecule has 3 atom stereocenters. The fourth-order valence-corrected chi connectivity index (χ4v) is 7.82. The van der Waals surface area contributed by atoms with Gasteiger partial charge in [-0.25, -0.2) is 4.90 Å². The Labute approximate surface area is 256 Å².